The highest BCUT2D eigenvalue weighted by atomic mass is 79.9. The molecule has 0 bridgehead atoms. The summed E-state index contributed by atoms with van der Waals surface area (Å²) in [5, 5.41) is 3.76. The molecule has 2 fully saturated rings. The fourth-order valence-electron chi connectivity index (χ4n) is 2.66. The summed E-state index contributed by atoms with van der Waals surface area (Å²) < 4.78 is 14.8. The van der Waals surface area contributed by atoms with Crippen molar-refractivity contribution in [1.82, 2.24) is 5.32 Å². The monoisotopic (exact) mass is 331 g/mol. The van der Waals surface area contributed by atoms with Gasteiger partial charge >= 0.3 is 0 Å². The lowest BCUT2D eigenvalue weighted by Gasteiger charge is -2.37. The highest BCUT2D eigenvalue weighted by molar-refractivity contribution is 9.10. The Bertz CT molecular complexity index is 461. The summed E-state index contributed by atoms with van der Waals surface area (Å²) in [6, 6.07) is 4.45. The summed E-state index contributed by atoms with van der Waals surface area (Å²) in [7, 11) is 0. The zero-order valence-corrected chi connectivity index (χ0v) is 12.4. The fourth-order valence-corrected chi connectivity index (χ4v) is 3.13. The molecular formula is C14H16BrClFN. The van der Waals surface area contributed by atoms with Gasteiger partial charge in [-0.3, -0.25) is 0 Å². The van der Waals surface area contributed by atoms with Gasteiger partial charge in [0.15, 0.2) is 0 Å². The van der Waals surface area contributed by atoms with Crippen LogP contribution in [0.2, 0.25) is 5.02 Å². The molecule has 4 heteroatoms. The molecule has 2 aliphatic rings. The van der Waals surface area contributed by atoms with E-state index in [2.05, 4.69) is 21.2 Å². The van der Waals surface area contributed by atoms with E-state index in [0.29, 0.717) is 16.3 Å². The molecule has 0 aliphatic heterocycles. The van der Waals surface area contributed by atoms with Crippen molar-refractivity contribution in [1.29, 1.82) is 0 Å². The molecule has 0 aromatic heterocycles. The molecule has 1 N–H and O–H groups in total. The van der Waals surface area contributed by atoms with Gasteiger partial charge in [-0.25, -0.2) is 4.39 Å². The number of hydrogen-bond acceptors (Lipinski definition) is 1. The molecule has 0 saturated heterocycles. The van der Waals surface area contributed by atoms with Gasteiger partial charge in [-0.05, 0) is 71.6 Å². The Hall–Kier alpha value is -0.120. The molecule has 2 saturated carbocycles. The largest absolute Gasteiger partial charge is 0.314 e. The van der Waals surface area contributed by atoms with Crippen molar-refractivity contribution in [3.63, 3.8) is 0 Å². The summed E-state index contributed by atoms with van der Waals surface area (Å²) in [6.45, 7) is 1.02. The average Bonchev–Trinajstić information content (AvgIpc) is 3.12. The van der Waals surface area contributed by atoms with Crippen LogP contribution < -0.4 is 5.32 Å². The highest BCUT2D eigenvalue weighted by Gasteiger charge is 2.35. The Labute approximate surface area is 120 Å². The van der Waals surface area contributed by atoms with E-state index in [0.717, 1.165) is 24.6 Å². The predicted octanol–water partition coefficient (Wildman–Crippen LogP) is 4.49. The maximum atomic E-state index is 14.1. The normalized spacial score (nSPS) is 27.1. The minimum absolute atomic E-state index is 0.216. The van der Waals surface area contributed by atoms with E-state index in [1.165, 1.54) is 19.3 Å². The van der Waals surface area contributed by atoms with Crippen LogP contribution in [0.25, 0.3) is 0 Å². The lowest BCUT2D eigenvalue weighted by molar-refractivity contribution is 0.240. The Morgan fingerprint density at radius 3 is 2.67 bits per heavy atom. The highest BCUT2D eigenvalue weighted by Crippen LogP contribution is 2.45. The molecular weight excluding hydrogens is 317 g/mol. The van der Waals surface area contributed by atoms with Crippen LogP contribution in [0.3, 0.4) is 0 Å². The van der Waals surface area contributed by atoms with Crippen LogP contribution in [-0.2, 0) is 0 Å². The first-order valence-electron chi connectivity index (χ1n) is 6.53. The van der Waals surface area contributed by atoms with Gasteiger partial charge in [0.2, 0.25) is 0 Å². The standard InChI is InChI=1S/C14H16BrClFN/c15-12-6-5-11(14(17)13(12)16)10-4-1-8(10)7-18-9-2-3-9/h5-6,8-10,18H,1-4,7H2. The van der Waals surface area contributed by atoms with Gasteiger partial charge in [0.25, 0.3) is 0 Å². The molecule has 0 amide bonds. The van der Waals surface area contributed by atoms with E-state index in [1.54, 1.807) is 0 Å². The van der Waals surface area contributed by atoms with Crippen LogP contribution in [-0.4, -0.2) is 12.6 Å². The van der Waals surface area contributed by atoms with Crippen molar-refractivity contribution >= 4 is 27.5 Å². The molecule has 18 heavy (non-hydrogen) atoms. The minimum atomic E-state index is -0.243. The van der Waals surface area contributed by atoms with E-state index >= 15 is 0 Å². The maximum Gasteiger partial charge on any atom is 0.146 e. The molecule has 3 rings (SSSR count). The molecule has 2 unspecified atom stereocenters. The van der Waals surface area contributed by atoms with Gasteiger partial charge in [-0.2, -0.15) is 0 Å². The van der Waals surface area contributed by atoms with E-state index in [9.17, 15) is 4.39 Å². The lowest BCUT2D eigenvalue weighted by atomic mass is 9.70. The van der Waals surface area contributed by atoms with Crippen LogP contribution in [0, 0.1) is 11.7 Å². The first kappa shape index (κ1) is 12.9. The van der Waals surface area contributed by atoms with Crippen molar-refractivity contribution < 1.29 is 4.39 Å². The van der Waals surface area contributed by atoms with Crippen LogP contribution >= 0.6 is 27.5 Å². The Kier molecular flexibility index (Phi) is 3.65. The fraction of sp³-hybridized carbons (Fsp3) is 0.571. The van der Waals surface area contributed by atoms with Crippen LogP contribution in [0.4, 0.5) is 4.39 Å². The summed E-state index contributed by atoms with van der Waals surface area (Å²) >= 11 is 9.21. The van der Waals surface area contributed by atoms with Crippen LogP contribution in [0.5, 0.6) is 0 Å². The van der Waals surface area contributed by atoms with Gasteiger partial charge < -0.3 is 5.32 Å². The topological polar surface area (TPSA) is 12.0 Å². The van der Waals surface area contributed by atoms with Crippen molar-refractivity contribution in [3.05, 3.63) is 33.0 Å². The predicted molar refractivity (Wildman–Crippen MR) is 75.6 cm³/mol. The summed E-state index contributed by atoms with van der Waals surface area (Å²) in [5.41, 5.74) is 0.789. The van der Waals surface area contributed by atoms with Crippen molar-refractivity contribution in [2.75, 3.05) is 6.54 Å². The van der Waals surface area contributed by atoms with Gasteiger partial charge in [0.05, 0.1) is 5.02 Å². The third-order valence-electron chi connectivity index (χ3n) is 4.13. The Morgan fingerprint density at radius 1 is 1.28 bits per heavy atom. The molecule has 1 aromatic rings. The molecule has 1 aromatic carbocycles. The van der Waals surface area contributed by atoms with Crippen LogP contribution in [0.1, 0.15) is 37.2 Å². The SMILES string of the molecule is Fc1c(C2CCC2CNC2CC2)ccc(Br)c1Cl. The third-order valence-corrected chi connectivity index (χ3v) is 5.39. The summed E-state index contributed by atoms with van der Waals surface area (Å²) in [4.78, 5) is 0. The molecule has 98 valence electrons. The lowest BCUT2D eigenvalue weighted by Crippen LogP contribution is -2.35. The molecule has 2 atom stereocenters. The van der Waals surface area contributed by atoms with Crippen molar-refractivity contribution in [2.45, 2.75) is 37.6 Å². The number of halogens is 3. The van der Waals surface area contributed by atoms with Gasteiger partial charge in [-0.15, -0.1) is 0 Å². The summed E-state index contributed by atoms with van der Waals surface area (Å²) in [5.74, 6) is 0.659. The van der Waals surface area contributed by atoms with E-state index in [1.807, 2.05) is 12.1 Å². The number of rotatable bonds is 4. The number of nitrogens with one attached hydrogen (secondary N) is 1. The van der Waals surface area contributed by atoms with E-state index in [4.69, 9.17) is 11.6 Å². The van der Waals surface area contributed by atoms with Gasteiger partial charge in [0.1, 0.15) is 5.82 Å². The Balaban J connectivity index is 1.71. The van der Waals surface area contributed by atoms with Gasteiger partial charge in [-0.1, -0.05) is 17.7 Å². The average molecular weight is 333 g/mol. The molecule has 1 nitrogen and oxygen atoms in total. The van der Waals surface area contributed by atoms with Crippen molar-refractivity contribution in [2.24, 2.45) is 5.92 Å². The van der Waals surface area contributed by atoms with E-state index in [-0.39, 0.29) is 10.8 Å². The second-order valence-electron chi connectivity index (χ2n) is 5.39. The number of hydrogen-bond donors (Lipinski definition) is 1. The van der Waals surface area contributed by atoms with E-state index < -0.39 is 0 Å². The Morgan fingerprint density at radius 2 is 2.06 bits per heavy atom. The molecule has 0 radical (unpaired) electrons. The second kappa shape index (κ2) is 5.10. The third kappa shape index (κ3) is 2.45. The zero-order chi connectivity index (χ0) is 12.7. The van der Waals surface area contributed by atoms with Gasteiger partial charge in [0, 0.05) is 10.5 Å². The first-order chi connectivity index (χ1) is 8.66. The summed E-state index contributed by atoms with van der Waals surface area (Å²) in [6.07, 6.45) is 4.87. The number of benzene rings is 1. The zero-order valence-electron chi connectivity index (χ0n) is 10.1. The molecule has 2 aliphatic carbocycles. The minimum Gasteiger partial charge on any atom is -0.314 e. The molecule has 0 heterocycles. The second-order valence-corrected chi connectivity index (χ2v) is 6.62. The molecule has 0 spiro atoms. The maximum absolute atomic E-state index is 14.1. The van der Waals surface area contributed by atoms with Crippen molar-refractivity contribution in [3.8, 4) is 0 Å². The quantitative estimate of drug-likeness (QED) is 0.801. The van der Waals surface area contributed by atoms with Crippen LogP contribution in [0.15, 0.2) is 16.6 Å². The smallest absolute Gasteiger partial charge is 0.146 e. The first-order valence-corrected chi connectivity index (χ1v) is 7.70.